The van der Waals surface area contributed by atoms with Gasteiger partial charge in [-0.2, -0.15) is 0 Å². The molecule has 4 nitrogen and oxygen atoms in total. The molecule has 0 aromatic heterocycles. The van der Waals surface area contributed by atoms with Crippen LogP contribution in [-0.4, -0.2) is 42.5 Å². The third-order valence-electron chi connectivity index (χ3n) is 3.42. The van der Waals surface area contributed by atoms with E-state index in [2.05, 4.69) is 24.1 Å². The highest BCUT2D eigenvalue weighted by molar-refractivity contribution is 5.81. The second kappa shape index (κ2) is 9.34. The second-order valence-corrected chi connectivity index (χ2v) is 5.35. The molecule has 3 N–H and O–H groups in total. The molecule has 0 saturated heterocycles. The minimum Gasteiger partial charge on any atom is -0.352 e. The highest BCUT2D eigenvalue weighted by Crippen LogP contribution is 2.02. The van der Waals surface area contributed by atoms with Gasteiger partial charge in [-0.1, -0.05) is 27.7 Å². The SMILES string of the molecule is CCN(CC)CCCC(C)NC(=O)[C@H](N)C(C)C. The van der Waals surface area contributed by atoms with E-state index in [0.29, 0.717) is 0 Å². The molecule has 0 heterocycles. The van der Waals surface area contributed by atoms with Gasteiger partial charge in [-0.15, -0.1) is 0 Å². The van der Waals surface area contributed by atoms with Crippen molar-refractivity contribution in [2.75, 3.05) is 19.6 Å². The molecule has 2 atom stereocenters. The molecule has 0 aliphatic heterocycles. The molecule has 0 radical (unpaired) electrons. The highest BCUT2D eigenvalue weighted by atomic mass is 16.2. The van der Waals surface area contributed by atoms with E-state index in [1.54, 1.807) is 0 Å². The van der Waals surface area contributed by atoms with Crippen molar-refractivity contribution in [2.45, 2.75) is 59.5 Å². The Labute approximate surface area is 112 Å². The number of nitrogens with two attached hydrogens (primary N) is 1. The van der Waals surface area contributed by atoms with Gasteiger partial charge in [-0.05, 0) is 45.3 Å². The van der Waals surface area contributed by atoms with Crippen LogP contribution in [0.4, 0.5) is 0 Å². The van der Waals surface area contributed by atoms with Gasteiger partial charge in [0.05, 0.1) is 6.04 Å². The lowest BCUT2D eigenvalue weighted by Crippen LogP contribution is -2.47. The molecule has 18 heavy (non-hydrogen) atoms. The summed E-state index contributed by atoms with van der Waals surface area (Å²) in [6, 6.07) is -0.187. The van der Waals surface area contributed by atoms with E-state index in [9.17, 15) is 4.79 Å². The van der Waals surface area contributed by atoms with Gasteiger partial charge in [0.15, 0.2) is 0 Å². The van der Waals surface area contributed by atoms with Crippen LogP contribution in [0.15, 0.2) is 0 Å². The number of carbonyl (C=O) groups excluding carboxylic acids is 1. The van der Waals surface area contributed by atoms with Crippen molar-refractivity contribution >= 4 is 5.91 Å². The summed E-state index contributed by atoms with van der Waals surface area (Å²) in [6.45, 7) is 13.6. The minimum atomic E-state index is -0.393. The summed E-state index contributed by atoms with van der Waals surface area (Å²) in [7, 11) is 0. The Morgan fingerprint density at radius 3 is 2.22 bits per heavy atom. The van der Waals surface area contributed by atoms with E-state index in [1.165, 1.54) is 0 Å². The number of carbonyl (C=O) groups is 1. The van der Waals surface area contributed by atoms with E-state index in [1.807, 2.05) is 20.8 Å². The highest BCUT2D eigenvalue weighted by Gasteiger charge is 2.18. The minimum absolute atomic E-state index is 0.0275. The zero-order chi connectivity index (χ0) is 14.1. The lowest BCUT2D eigenvalue weighted by molar-refractivity contribution is -0.123. The van der Waals surface area contributed by atoms with Gasteiger partial charge in [-0.25, -0.2) is 0 Å². The van der Waals surface area contributed by atoms with Crippen LogP contribution in [0.25, 0.3) is 0 Å². The number of hydrogen-bond donors (Lipinski definition) is 2. The molecule has 1 unspecified atom stereocenters. The summed E-state index contributed by atoms with van der Waals surface area (Å²) in [6.07, 6.45) is 2.12. The first kappa shape index (κ1) is 17.4. The summed E-state index contributed by atoms with van der Waals surface area (Å²) in [5, 5.41) is 2.99. The van der Waals surface area contributed by atoms with Crippen molar-refractivity contribution in [1.82, 2.24) is 10.2 Å². The fraction of sp³-hybridized carbons (Fsp3) is 0.929. The van der Waals surface area contributed by atoms with Gasteiger partial charge < -0.3 is 16.0 Å². The van der Waals surface area contributed by atoms with Crippen molar-refractivity contribution in [3.63, 3.8) is 0 Å². The van der Waals surface area contributed by atoms with Crippen LogP contribution in [0, 0.1) is 5.92 Å². The number of rotatable bonds is 9. The van der Waals surface area contributed by atoms with Crippen molar-refractivity contribution < 1.29 is 4.79 Å². The summed E-state index contributed by atoms with van der Waals surface area (Å²) >= 11 is 0. The Morgan fingerprint density at radius 2 is 1.78 bits per heavy atom. The topological polar surface area (TPSA) is 58.4 Å². The first-order valence-electron chi connectivity index (χ1n) is 7.20. The van der Waals surface area contributed by atoms with Crippen LogP contribution >= 0.6 is 0 Å². The van der Waals surface area contributed by atoms with E-state index in [-0.39, 0.29) is 17.9 Å². The normalized spacial score (nSPS) is 14.9. The average Bonchev–Trinajstić information content (AvgIpc) is 2.33. The van der Waals surface area contributed by atoms with E-state index >= 15 is 0 Å². The third-order valence-corrected chi connectivity index (χ3v) is 3.42. The number of hydrogen-bond acceptors (Lipinski definition) is 3. The molecule has 0 fully saturated rings. The Balaban J connectivity index is 3.83. The van der Waals surface area contributed by atoms with E-state index in [4.69, 9.17) is 5.73 Å². The van der Waals surface area contributed by atoms with Gasteiger partial charge >= 0.3 is 0 Å². The van der Waals surface area contributed by atoms with Gasteiger partial charge in [0.1, 0.15) is 0 Å². The standard InChI is InChI=1S/C14H31N3O/c1-6-17(7-2)10-8-9-12(5)16-14(18)13(15)11(3)4/h11-13H,6-10,15H2,1-5H3,(H,16,18)/t12?,13-/m1/s1. The smallest absolute Gasteiger partial charge is 0.237 e. The molecule has 0 aliphatic rings. The number of nitrogens with one attached hydrogen (secondary N) is 1. The van der Waals surface area contributed by atoms with Crippen LogP contribution in [0.3, 0.4) is 0 Å². The zero-order valence-electron chi connectivity index (χ0n) is 12.7. The molecule has 0 spiro atoms. The van der Waals surface area contributed by atoms with Crippen LogP contribution in [0.2, 0.25) is 0 Å². The molecule has 1 amide bonds. The summed E-state index contributed by atoms with van der Waals surface area (Å²) in [4.78, 5) is 14.2. The van der Waals surface area contributed by atoms with Gasteiger partial charge in [-0.3, -0.25) is 4.79 Å². The zero-order valence-corrected chi connectivity index (χ0v) is 12.7. The fourth-order valence-electron chi connectivity index (χ4n) is 1.87. The van der Waals surface area contributed by atoms with Gasteiger partial charge in [0, 0.05) is 6.04 Å². The van der Waals surface area contributed by atoms with Crippen LogP contribution < -0.4 is 11.1 Å². The monoisotopic (exact) mass is 257 g/mol. The average molecular weight is 257 g/mol. The number of amides is 1. The molecular formula is C14H31N3O. The quantitative estimate of drug-likeness (QED) is 0.659. The van der Waals surface area contributed by atoms with Crippen molar-refractivity contribution in [1.29, 1.82) is 0 Å². The van der Waals surface area contributed by atoms with Crippen molar-refractivity contribution in [3.8, 4) is 0 Å². The maximum Gasteiger partial charge on any atom is 0.237 e. The summed E-state index contributed by atoms with van der Waals surface area (Å²) in [5.41, 5.74) is 5.81. The van der Waals surface area contributed by atoms with Crippen molar-refractivity contribution in [3.05, 3.63) is 0 Å². The lowest BCUT2D eigenvalue weighted by Gasteiger charge is -2.21. The van der Waals surface area contributed by atoms with Gasteiger partial charge in [0.2, 0.25) is 5.91 Å². The molecule has 108 valence electrons. The molecule has 0 aromatic carbocycles. The van der Waals surface area contributed by atoms with Gasteiger partial charge in [0.25, 0.3) is 0 Å². The predicted molar refractivity (Wildman–Crippen MR) is 77.4 cm³/mol. The van der Waals surface area contributed by atoms with E-state index < -0.39 is 6.04 Å². The molecular weight excluding hydrogens is 226 g/mol. The largest absolute Gasteiger partial charge is 0.352 e. The van der Waals surface area contributed by atoms with E-state index in [0.717, 1.165) is 32.5 Å². The third kappa shape index (κ3) is 6.97. The molecule has 4 heteroatoms. The molecule has 0 aromatic rings. The fourth-order valence-corrected chi connectivity index (χ4v) is 1.87. The Hall–Kier alpha value is -0.610. The Morgan fingerprint density at radius 1 is 1.22 bits per heavy atom. The van der Waals surface area contributed by atoms with Crippen LogP contribution in [0.5, 0.6) is 0 Å². The first-order valence-corrected chi connectivity index (χ1v) is 7.20. The molecule has 0 rings (SSSR count). The summed E-state index contributed by atoms with van der Waals surface area (Å²) < 4.78 is 0. The molecule has 0 bridgehead atoms. The molecule has 0 aliphatic carbocycles. The number of nitrogens with zero attached hydrogens (tertiary/aromatic N) is 1. The lowest BCUT2D eigenvalue weighted by atomic mass is 10.0. The Bertz CT molecular complexity index is 227. The Kier molecular flexibility index (Phi) is 9.02. The molecule has 0 saturated carbocycles. The second-order valence-electron chi connectivity index (χ2n) is 5.35. The van der Waals surface area contributed by atoms with Crippen LogP contribution in [0.1, 0.15) is 47.5 Å². The maximum atomic E-state index is 11.8. The first-order chi connectivity index (χ1) is 8.42. The summed E-state index contributed by atoms with van der Waals surface area (Å²) in [5.74, 6) is 0.160. The van der Waals surface area contributed by atoms with Crippen LogP contribution in [-0.2, 0) is 4.79 Å². The van der Waals surface area contributed by atoms with Crippen molar-refractivity contribution in [2.24, 2.45) is 11.7 Å². The predicted octanol–water partition coefficient (Wildman–Crippen LogP) is 1.60. The maximum absolute atomic E-state index is 11.8.